The Hall–Kier alpha value is -0.760. The third kappa shape index (κ3) is 2.03. The Labute approximate surface area is 98.4 Å². The van der Waals surface area contributed by atoms with Crippen molar-refractivity contribution in [1.82, 2.24) is 4.98 Å². The van der Waals surface area contributed by atoms with E-state index in [9.17, 15) is 0 Å². The van der Waals surface area contributed by atoms with Gasteiger partial charge in [0.25, 0.3) is 0 Å². The number of rotatable bonds is 5. The van der Waals surface area contributed by atoms with Crippen molar-refractivity contribution in [3.05, 3.63) is 23.0 Å². The van der Waals surface area contributed by atoms with E-state index in [-0.39, 0.29) is 5.60 Å². The van der Waals surface area contributed by atoms with Gasteiger partial charge in [-0.1, -0.05) is 20.8 Å². The number of ether oxygens (including phenoxy) is 1. The molecule has 1 aliphatic carbocycles. The molecule has 90 valence electrons. The lowest BCUT2D eigenvalue weighted by Crippen LogP contribution is -2.16. The molecule has 0 radical (unpaired) electrons. The lowest BCUT2D eigenvalue weighted by molar-refractivity contribution is 0.0804. The van der Waals surface area contributed by atoms with E-state index in [1.54, 1.807) is 0 Å². The second kappa shape index (κ2) is 4.25. The Bertz CT molecular complexity index is 361. The van der Waals surface area contributed by atoms with Gasteiger partial charge in [0.1, 0.15) is 0 Å². The molecule has 0 aromatic carbocycles. The van der Waals surface area contributed by atoms with Crippen LogP contribution >= 0.6 is 0 Å². The predicted octanol–water partition coefficient (Wildman–Crippen LogP) is 3.42. The van der Waals surface area contributed by atoms with Crippen LogP contribution in [0.1, 0.15) is 56.4 Å². The van der Waals surface area contributed by atoms with Gasteiger partial charge in [0.05, 0.1) is 5.60 Å². The van der Waals surface area contributed by atoms with Crippen molar-refractivity contribution in [2.45, 2.75) is 58.0 Å². The quantitative estimate of drug-likeness (QED) is 0.809. The highest BCUT2D eigenvalue weighted by molar-refractivity contribution is 5.35. The maximum atomic E-state index is 5.64. The number of hydrogen-bond donors (Lipinski definition) is 1. The summed E-state index contributed by atoms with van der Waals surface area (Å²) in [5, 5.41) is 0. The largest absolute Gasteiger partial charge is 0.378 e. The van der Waals surface area contributed by atoms with Crippen molar-refractivity contribution in [1.29, 1.82) is 0 Å². The van der Waals surface area contributed by atoms with Crippen LogP contribution in [0.5, 0.6) is 0 Å². The first-order chi connectivity index (χ1) is 7.62. The van der Waals surface area contributed by atoms with Crippen LogP contribution < -0.4 is 0 Å². The molecule has 1 aromatic heterocycles. The molecule has 2 rings (SSSR count). The maximum Gasteiger partial charge on any atom is 0.0721 e. The van der Waals surface area contributed by atoms with Crippen molar-refractivity contribution in [2.75, 3.05) is 7.11 Å². The molecule has 0 saturated heterocycles. The molecule has 1 heterocycles. The Morgan fingerprint density at radius 3 is 2.56 bits per heavy atom. The summed E-state index contributed by atoms with van der Waals surface area (Å²) in [6, 6.07) is 0. The zero-order valence-corrected chi connectivity index (χ0v) is 10.9. The molecule has 1 saturated carbocycles. The topological polar surface area (TPSA) is 25.0 Å². The molecular formula is C14H23NO. The first kappa shape index (κ1) is 11.7. The highest BCUT2D eigenvalue weighted by atomic mass is 16.5. The van der Waals surface area contributed by atoms with Gasteiger partial charge in [0, 0.05) is 25.4 Å². The molecule has 0 aliphatic heterocycles. The minimum Gasteiger partial charge on any atom is -0.378 e. The average Bonchev–Trinajstić information content (AvgIpc) is 2.91. The third-order valence-electron chi connectivity index (χ3n) is 3.83. The van der Waals surface area contributed by atoms with Crippen LogP contribution in [0.2, 0.25) is 0 Å². The van der Waals surface area contributed by atoms with Crippen molar-refractivity contribution in [3.8, 4) is 0 Å². The minimum absolute atomic E-state index is 0.162. The molecule has 0 bridgehead atoms. The van der Waals surface area contributed by atoms with Gasteiger partial charge in [-0.2, -0.15) is 0 Å². The van der Waals surface area contributed by atoms with Crippen LogP contribution in [0.25, 0.3) is 0 Å². The van der Waals surface area contributed by atoms with Crippen molar-refractivity contribution in [2.24, 2.45) is 0 Å². The Kier molecular flexibility index (Phi) is 3.11. The normalized spacial score (nSPS) is 18.1. The standard InChI is InChI=1S/C14H23NO/c1-5-13-11(8-14(16-4)6-7-14)12(9-15-13)10(2)3/h9-10,15H,5-8H2,1-4H3. The molecule has 2 nitrogen and oxygen atoms in total. The molecule has 0 spiro atoms. The van der Waals surface area contributed by atoms with Crippen LogP contribution in [-0.4, -0.2) is 17.7 Å². The molecule has 1 N–H and O–H groups in total. The number of aromatic amines is 1. The Balaban J connectivity index is 2.26. The first-order valence-electron chi connectivity index (χ1n) is 6.36. The van der Waals surface area contributed by atoms with Gasteiger partial charge in [0.2, 0.25) is 0 Å². The van der Waals surface area contributed by atoms with Gasteiger partial charge in [-0.25, -0.2) is 0 Å². The summed E-state index contributed by atoms with van der Waals surface area (Å²) < 4.78 is 5.64. The van der Waals surface area contributed by atoms with Crippen molar-refractivity contribution < 1.29 is 4.74 Å². The predicted molar refractivity (Wildman–Crippen MR) is 66.9 cm³/mol. The molecule has 0 atom stereocenters. The summed E-state index contributed by atoms with van der Waals surface area (Å²) in [6.45, 7) is 6.74. The summed E-state index contributed by atoms with van der Waals surface area (Å²) in [5.41, 5.74) is 4.54. The number of methoxy groups -OCH3 is 1. The Morgan fingerprint density at radius 1 is 1.44 bits per heavy atom. The summed E-state index contributed by atoms with van der Waals surface area (Å²) in [5.74, 6) is 0.596. The molecule has 0 unspecified atom stereocenters. The monoisotopic (exact) mass is 221 g/mol. The second-order valence-corrected chi connectivity index (χ2v) is 5.27. The van der Waals surface area contributed by atoms with E-state index in [1.165, 1.54) is 29.7 Å². The van der Waals surface area contributed by atoms with Crippen LogP contribution in [0.15, 0.2) is 6.20 Å². The van der Waals surface area contributed by atoms with Gasteiger partial charge in [-0.15, -0.1) is 0 Å². The van der Waals surface area contributed by atoms with Crippen LogP contribution in [-0.2, 0) is 17.6 Å². The first-order valence-corrected chi connectivity index (χ1v) is 6.36. The van der Waals surface area contributed by atoms with E-state index in [0.717, 1.165) is 12.8 Å². The van der Waals surface area contributed by atoms with Gasteiger partial charge < -0.3 is 9.72 Å². The molecule has 1 fully saturated rings. The zero-order chi connectivity index (χ0) is 11.8. The molecule has 1 aromatic rings. The van der Waals surface area contributed by atoms with Gasteiger partial charge >= 0.3 is 0 Å². The van der Waals surface area contributed by atoms with Gasteiger partial charge in [-0.3, -0.25) is 0 Å². The third-order valence-corrected chi connectivity index (χ3v) is 3.83. The van der Waals surface area contributed by atoms with E-state index >= 15 is 0 Å². The summed E-state index contributed by atoms with van der Waals surface area (Å²) in [7, 11) is 1.85. The van der Waals surface area contributed by atoms with Crippen molar-refractivity contribution in [3.63, 3.8) is 0 Å². The highest BCUT2D eigenvalue weighted by Crippen LogP contribution is 2.43. The van der Waals surface area contributed by atoms with Crippen LogP contribution in [0.3, 0.4) is 0 Å². The summed E-state index contributed by atoms with van der Waals surface area (Å²) in [6.07, 6.45) is 6.79. The van der Waals surface area contributed by atoms with E-state index in [4.69, 9.17) is 4.74 Å². The Morgan fingerprint density at radius 2 is 2.12 bits per heavy atom. The second-order valence-electron chi connectivity index (χ2n) is 5.27. The number of aromatic nitrogens is 1. The number of H-pyrrole nitrogens is 1. The van der Waals surface area contributed by atoms with E-state index in [1.807, 2.05) is 7.11 Å². The number of aryl methyl sites for hydroxylation is 1. The summed E-state index contributed by atoms with van der Waals surface area (Å²) in [4.78, 5) is 3.42. The molecule has 16 heavy (non-hydrogen) atoms. The zero-order valence-electron chi connectivity index (χ0n) is 10.9. The van der Waals surface area contributed by atoms with Gasteiger partial charge in [-0.05, 0) is 36.3 Å². The fourth-order valence-corrected chi connectivity index (χ4v) is 2.47. The molecular weight excluding hydrogens is 198 g/mol. The van der Waals surface area contributed by atoms with Crippen LogP contribution in [0.4, 0.5) is 0 Å². The van der Waals surface area contributed by atoms with E-state index in [0.29, 0.717) is 5.92 Å². The fraction of sp³-hybridized carbons (Fsp3) is 0.714. The lowest BCUT2D eigenvalue weighted by Gasteiger charge is -2.16. The number of nitrogens with one attached hydrogen (secondary N) is 1. The fourth-order valence-electron chi connectivity index (χ4n) is 2.47. The van der Waals surface area contributed by atoms with E-state index < -0.39 is 0 Å². The maximum absolute atomic E-state index is 5.64. The molecule has 0 amide bonds. The lowest BCUT2D eigenvalue weighted by atomic mass is 9.95. The van der Waals surface area contributed by atoms with Gasteiger partial charge in [0.15, 0.2) is 0 Å². The van der Waals surface area contributed by atoms with Crippen LogP contribution in [0, 0.1) is 0 Å². The van der Waals surface area contributed by atoms with E-state index in [2.05, 4.69) is 32.0 Å². The minimum atomic E-state index is 0.162. The van der Waals surface area contributed by atoms with Crippen molar-refractivity contribution >= 4 is 0 Å². The summed E-state index contributed by atoms with van der Waals surface area (Å²) >= 11 is 0. The SMILES string of the molecule is CCc1[nH]cc(C(C)C)c1CC1(OC)CC1. The molecule has 1 aliphatic rings. The average molecular weight is 221 g/mol. The number of hydrogen-bond acceptors (Lipinski definition) is 1. The molecule has 2 heteroatoms. The highest BCUT2D eigenvalue weighted by Gasteiger charge is 2.43. The smallest absolute Gasteiger partial charge is 0.0721 e.